The van der Waals surface area contributed by atoms with Crippen LogP contribution >= 0.6 is 15.9 Å². The van der Waals surface area contributed by atoms with Gasteiger partial charge in [0, 0.05) is 41.2 Å². The number of rotatable bonds is 6. The maximum Gasteiger partial charge on any atom is 0.451 e. The monoisotopic (exact) mass is 631 g/mol. The molecule has 1 saturated heterocycles. The van der Waals surface area contributed by atoms with Crippen molar-refractivity contribution >= 4 is 31.9 Å². The first-order valence-corrected chi connectivity index (χ1v) is 14.2. The van der Waals surface area contributed by atoms with Gasteiger partial charge in [-0.25, -0.2) is 22.8 Å². The molecule has 1 aliphatic heterocycles. The molecule has 1 aromatic carbocycles. The van der Waals surface area contributed by atoms with Gasteiger partial charge in [-0.2, -0.15) is 17.5 Å². The Morgan fingerprint density at radius 3 is 2.28 bits per heavy atom. The van der Waals surface area contributed by atoms with Crippen molar-refractivity contribution in [1.29, 1.82) is 0 Å². The Morgan fingerprint density at radius 1 is 1.08 bits per heavy atom. The van der Waals surface area contributed by atoms with Crippen molar-refractivity contribution in [2.75, 3.05) is 0 Å². The summed E-state index contributed by atoms with van der Waals surface area (Å²) in [4.78, 5) is 23.8. The van der Waals surface area contributed by atoms with E-state index in [1.54, 1.807) is 13.0 Å². The fourth-order valence-electron chi connectivity index (χ4n) is 4.02. The van der Waals surface area contributed by atoms with E-state index in [0.717, 1.165) is 41.0 Å². The fourth-order valence-corrected chi connectivity index (χ4v) is 6.22. The van der Waals surface area contributed by atoms with Gasteiger partial charge < -0.3 is 5.32 Å². The SMILES string of the molecule is CC.CC1CCC(C(=O)NCc2cc(-c3cnc(C(F)(F)F)nc3)ncc2Br)N1S(=O)(=O)c1ccc(F)cc1. The second-order valence-electron chi connectivity index (χ2n) is 8.40. The molecule has 1 amide bonds. The summed E-state index contributed by atoms with van der Waals surface area (Å²) in [5.74, 6) is -2.36. The zero-order valence-electron chi connectivity index (χ0n) is 21.2. The van der Waals surface area contributed by atoms with Crippen LogP contribution in [0.15, 0.2) is 58.3 Å². The van der Waals surface area contributed by atoms with Crippen LogP contribution in [0, 0.1) is 5.82 Å². The van der Waals surface area contributed by atoms with E-state index in [0.29, 0.717) is 22.9 Å². The second-order valence-corrected chi connectivity index (χ2v) is 11.1. The number of carbonyl (C=O) groups excluding carboxylic acids is 1. The standard InChI is InChI=1S/C23H20BrF4N5O3S.C2H6/c1-13-2-7-20(33(13)37(35,36)17-5-3-16(25)4-6-17)21(34)30-9-14-8-19(29-12-18(14)24)15-10-31-22(32-11-15)23(26,27)28;1-2/h3-6,8,10-13,20H,2,7,9H2,1H3,(H,30,34);1-2H3. The molecule has 2 atom stereocenters. The van der Waals surface area contributed by atoms with Crippen LogP contribution in [0.4, 0.5) is 17.6 Å². The van der Waals surface area contributed by atoms with Crippen molar-refractivity contribution in [3.8, 4) is 11.3 Å². The number of carbonyl (C=O) groups is 1. The number of pyridine rings is 1. The van der Waals surface area contributed by atoms with Crippen LogP contribution in [0.2, 0.25) is 0 Å². The highest BCUT2D eigenvalue weighted by molar-refractivity contribution is 9.10. The van der Waals surface area contributed by atoms with Crippen LogP contribution in [-0.4, -0.2) is 45.7 Å². The highest BCUT2D eigenvalue weighted by Crippen LogP contribution is 2.32. The molecule has 0 aliphatic carbocycles. The first-order valence-electron chi connectivity index (χ1n) is 12.0. The molecule has 3 heterocycles. The summed E-state index contributed by atoms with van der Waals surface area (Å²) in [5, 5.41) is 2.73. The molecule has 1 N–H and O–H groups in total. The predicted octanol–water partition coefficient (Wildman–Crippen LogP) is 5.34. The zero-order chi connectivity index (χ0) is 29.0. The van der Waals surface area contributed by atoms with Crippen molar-refractivity contribution in [1.82, 2.24) is 24.6 Å². The van der Waals surface area contributed by atoms with Crippen molar-refractivity contribution < 1.29 is 30.8 Å². The van der Waals surface area contributed by atoms with Crippen molar-refractivity contribution in [2.45, 2.75) is 63.3 Å². The third-order valence-electron chi connectivity index (χ3n) is 5.88. The molecule has 0 spiro atoms. The number of sulfonamides is 1. The lowest BCUT2D eigenvalue weighted by Crippen LogP contribution is -2.48. The van der Waals surface area contributed by atoms with Crippen LogP contribution in [0.3, 0.4) is 0 Å². The molecule has 0 saturated carbocycles. The summed E-state index contributed by atoms with van der Waals surface area (Å²) in [6, 6.07) is 4.56. The van der Waals surface area contributed by atoms with E-state index in [1.165, 1.54) is 6.20 Å². The molecular weight excluding hydrogens is 606 g/mol. The maximum absolute atomic E-state index is 13.3. The minimum atomic E-state index is -4.67. The zero-order valence-corrected chi connectivity index (χ0v) is 23.6. The van der Waals surface area contributed by atoms with E-state index in [-0.39, 0.29) is 22.7 Å². The Labute approximate surface area is 232 Å². The predicted molar refractivity (Wildman–Crippen MR) is 139 cm³/mol. The average molecular weight is 632 g/mol. The number of benzene rings is 1. The highest BCUT2D eigenvalue weighted by Gasteiger charge is 2.43. The lowest BCUT2D eigenvalue weighted by atomic mass is 10.1. The number of aromatic nitrogens is 3. The van der Waals surface area contributed by atoms with Crippen LogP contribution in [0.5, 0.6) is 0 Å². The average Bonchev–Trinajstić information content (AvgIpc) is 3.31. The number of halogens is 5. The molecule has 14 heteroatoms. The van der Waals surface area contributed by atoms with Crippen LogP contribution < -0.4 is 5.32 Å². The minimum absolute atomic E-state index is 0.00819. The van der Waals surface area contributed by atoms with Gasteiger partial charge in [0.05, 0.1) is 10.6 Å². The summed E-state index contributed by atoms with van der Waals surface area (Å²) in [6.45, 7) is 5.69. The third kappa shape index (κ3) is 6.97. The number of hydrogen-bond acceptors (Lipinski definition) is 6. The summed E-state index contributed by atoms with van der Waals surface area (Å²) >= 11 is 3.33. The number of hydrogen-bond donors (Lipinski definition) is 1. The molecule has 2 unspecified atom stereocenters. The number of alkyl halides is 3. The number of nitrogens with one attached hydrogen (secondary N) is 1. The Morgan fingerprint density at radius 2 is 1.69 bits per heavy atom. The van der Waals surface area contributed by atoms with E-state index in [4.69, 9.17) is 0 Å². The van der Waals surface area contributed by atoms with Gasteiger partial charge in [-0.1, -0.05) is 13.8 Å². The van der Waals surface area contributed by atoms with Crippen molar-refractivity contribution in [3.63, 3.8) is 0 Å². The van der Waals surface area contributed by atoms with E-state index in [9.17, 15) is 30.8 Å². The Hall–Kier alpha value is -2.97. The molecule has 1 aliphatic rings. The van der Waals surface area contributed by atoms with Gasteiger partial charge in [0.2, 0.25) is 21.8 Å². The van der Waals surface area contributed by atoms with Gasteiger partial charge in [0.1, 0.15) is 11.9 Å². The summed E-state index contributed by atoms with van der Waals surface area (Å²) < 4.78 is 79.6. The van der Waals surface area contributed by atoms with Gasteiger partial charge in [0.15, 0.2) is 0 Å². The minimum Gasteiger partial charge on any atom is -0.351 e. The highest BCUT2D eigenvalue weighted by atomic mass is 79.9. The largest absolute Gasteiger partial charge is 0.451 e. The molecule has 210 valence electrons. The Balaban J connectivity index is 0.00000205. The quantitative estimate of drug-likeness (QED) is 0.368. The smallest absolute Gasteiger partial charge is 0.351 e. The third-order valence-corrected chi connectivity index (χ3v) is 8.63. The van der Waals surface area contributed by atoms with Gasteiger partial charge in [-0.15, -0.1) is 0 Å². The van der Waals surface area contributed by atoms with E-state index < -0.39 is 45.8 Å². The van der Waals surface area contributed by atoms with E-state index in [2.05, 4.69) is 36.2 Å². The number of nitrogens with zero attached hydrogens (tertiary/aromatic N) is 4. The molecule has 0 bridgehead atoms. The lowest BCUT2D eigenvalue weighted by Gasteiger charge is -2.27. The molecular formula is C25H26BrF4N5O3S. The summed E-state index contributed by atoms with van der Waals surface area (Å²) in [5.41, 5.74) is 1.09. The molecule has 0 radical (unpaired) electrons. The first-order chi connectivity index (χ1) is 18.4. The molecule has 4 rings (SSSR count). The number of amides is 1. The van der Waals surface area contributed by atoms with E-state index in [1.807, 2.05) is 13.8 Å². The van der Waals surface area contributed by atoms with Gasteiger partial charge in [-0.05, 0) is 71.6 Å². The summed E-state index contributed by atoms with van der Waals surface area (Å²) in [6.07, 6.45) is -0.456. The van der Waals surface area contributed by atoms with Gasteiger partial charge in [-0.3, -0.25) is 9.78 Å². The molecule has 2 aromatic heterocycles. The van der Waals surface area contributed by atoms with Crippen molar-refractivity contribution in [3.05, 3.63) is 70.6 Å². The Bertz CT molecular complexity index is 1400. The van der Waals surface area contributed by atoms with Crippen LogP contribution in [0.25, 0.3) is 11.3 Å². The lowest BCUT2D eigenvalue weighted by molar-refractivity contribution is -0.145. The topological polar surface area (TPSA) is 105 Å². The van der Waals surface area contributed by atoms with Crippen molar-refractivity contribution in [2.24, 2.45) is 0 Å². The van der Waals surface area contributed by atoms with E-state index >= 15 is 0 Å². The van der Waals surface area contributed by atoms with Crippen LogP contribution in [-0.2, 0) is 27.5 Å². The van der Waals surface area contributed by atoms with Gasteiger partial charge in [0.25, 0.3) is 0 Å². The van der Waals surface area contributed by atoms with Gasteiger partial charge >= 0.3 is 6.18 Å². The van der Waals surface area contributed by atoms with Crippen LogP contribution in [0.1, 0.15) is 45.0 Å². The molecule has 8 nitrogen and oxygen atoms in total. The second kappa shape index (κ2) is 12.5. The maximum atomic E-state index is 13.3. The summed E-state index contributed by atoms with van der Waals surface area (Å²) in [7, 11) is -4.05. The molecule has 1 fully saturated rings. The molecule has 3 aromatic rings. The molecule has 39 heavy (non-hydrogen) atoms. The normalized spacial score (nSPS) is 17.8. The Kier molecular flexibility index (Phi) is 9.78. The fraction of sp³-hybridized carbons (Fsp3) is 0.360. The first kappa shape index (κ1) is 30.6.